The van der Waals surface area contributed by atoms with Crippen LogP contribution in [-0.4, -0.2) is 45.6 Å². The molecule has 0 bridgehead atoms. The Kier molecular flexibility index (Phi) is 5.57. The first kappa shape index (κ1) is 18.8. The van der Waals surface area contributed by atoms with Gasteiger partial charge in [-0.25, -0.2) is 14.8 Å². The van der Waals surface area contributed by atoms with Gasteiger partial charge in [0.1, 0.15) is 11.3 Å². The van der Waals surface area contributed by atoms with Gasteiger partial charge in [0.15, 0.2) is 5.13 Å². The molecule has 3 rings (SSSR count). The summed E-state index contributed by atoms with van der Waals surface area (Å²) in [5.74, 6) is 0.0220. The Morgan fingerprint density at radius 2 is 2.00 bits per heavy atom. The number of carbonyl (C=O) groups is 2. The van der Waals surface area contributed by atoms with Crippen LogP contribution in [0.3, 0.4) is 0 Å². The van der Waals surface area contributed by atoms with Gasteiger partial charge in [0, 0.05) is 36.0 Å². The Hall–Kier alpha value is -2.00. The number of likely N-dealkylation sites (tertiary alicyclic amines) is 1. The fourth-order valence-corrected chi connectivity index (χ4v) is 4.16. The summed E-state index contributed by atoms with van der Waals surface area (Å²) in [4.78, 5) is 34.6. The molecule has 9 heteroatoms. The van der Waals surface area contributed by atoms with Crippen molar-refractivity contribution in [3.8, 4) is 0 Å². The first-order valence-corrected chi connectivity index (χ1v) is 10.2. The monoisotopic (exact) mass is 394 g/mol. The number of aromatic nitrogens is 2. The van der Waals surface area contributed by atoms with Crippen LogP contribution in [0.2, 0.25) is 0 Å². The minimum Gasteiger partial charge on any atom is -0.444 e. The molecule has 1 aliphatic heterocycles. The average Bonchev–Trinajstić information content (AvgIpc) is 3.25. The Morgan fingerprint density at radius 3 is 2.62 bits per heavy atom. The van der Waals surface area contributed by atoms with E-state index in [1.165, 1.54) is 22.7 Å². The lowest BCUT2D eigenvalue weighted by atomic mass is 9.98. The van der Waals surface area contributed by atoms with E-state index in [1.54, 1.807) is 21.9 Å². The highest BCUT2D eigenvalue weighted by Gasteiger charge is 2.29. The minimum atomic E-state index is -0.483. The molecule has 1 saturated heterocycles. The second-order valence-electron chi connectivity index (χ2n) is 7.10. The van der Waals surface area contributed by atoms with Gasteiger partial charge >= 0.3 is 6.09 Å². The fraction of sp³-hybridized carbons (Fsp3) is 0.529. The van der Waals surface area contributed by atoms with Crippen LogP contribution in [0.1, 0.15) is 55.0 Å². The van der Waals surface area contributed by atoms with Crippen LogP contribution < -0.4 is 5.32 Å². The number of nitrogens with one attached hydrogen (secondary N) is 1. The number of rotatable bonds is 3. The van der Waals surface area contributed by atoms with Crippen molar-refractivity contribution in [3.05, 3.63) is 27.7 Å². The lowest BCUT2D eigenvalue weighted by molar-refractivity contribution is 0.0205. The number of anilines is 1. The molecule has 26 heavy (non-hydrogen) atoms. The van der Waals surface area contributed by atoms with E-state index < -0.39 is 5.60 Å². The van der Waals surface area contributed by atoms with Crippen LogP contribution >= 0.6 is 22.7 Å². The normalized spacial score (nSPS) is 15.7. The number of carbonyl (C=O) groups excluding carboxylic acids is 2. The fourth-order valence-electron chi connectivity index (χ4n) is 2.66. The molecule has 0 saturated carbocycles. The highest BCUT2D eigenvalue weighted by molar-refractivity contribution is 7.13. The van der Waals surface area contributed by atoms with Gasteiger partial charge in [-0.15, -0.1) is 22.7 Å². The van der Waals surface area contributed by atoms with E-state index in [9.17, 15) is 9.59 Å². The highest BCUT2D eigenvalue weighted by Crippen LogP contribution is 2.31. The SMILES string of the molecule is CC(C)(C)OC(=O)N1CCC(c2nc(C(=O)Nc3nccs3)cs2)CC1. The third kappa shape index (κ3) is 4.79. The van der Waals surface area contributed by atoms with E-state index >= 15 is 0 Å². The molecular formula is C17H22N4O3S2. The van der Waals surface area contributed by atoms with Gasteiger partial charge in [0.25, 0.3) is 5.91 Å². The molecular weight excluding hydrogens is 372 g/mol. The molecule has 0 aromatic carbocycles. The quantitative estimate of drug-likeness (QED) is 0.851. The van der Waals surface area contributed by atoms with Gasteiger partial charge in [-0.05, 0) is 33.6 Å². The standard InChI is InChI=1S/C17H22N4O3S2/c1-17(2,3)24-16(23)21-7-4-11(5-8-21)14-19-12(10-26-14)13(22)20-15-18-6-9-25-15/h6,9-11H,4-5,7-8H2,1-3H3,(H,18,20,22). The summed E-state index contributed by atoms with van der Waals surface area (Å²) >= 11 is 2.86. The van der Waals surface area contributed by atoms with Gasteiger partial charge < -0.3 is 9.64 Å². The Balaban J connectivity index is 1.54. The highest BCUT2D eigenvalue weighted by atomic mass is 32.1. The second kappa shape index (κ2) is 7.71. The summed E-state index contributed by atoms with van der Waals surface area (Å²) in [6.07, 6.45) is 3.02. The van der Waals surface area contributed by atoms with Crippen LogP contribution in [0.15, 0.2) is 17.0 Å². The smallest absolute Gasteiger partial charge is 0.410 e. The van der Waals surface area contributed by atoms with Gasteiger partial charge in [-0.2, -0.15) is 0 Å². The molecule has 1 fully saturated rings. The lowest BCUT2D eigenvalue weighted by Crippen LogP contribution is -2.41. The zero-order chi connectivity index (χ0) is 18.7. The van der Waals surface area contributed by atoms with E-state index in [2.05, 4.69) is 15.3 Å². The molecule has 0 atom stereocenters. The number of piperidine rings is 1. The molecule has 2 aromatic rings. The molecule has 0 spiro atoms. The zero-order valence-corrected chi connectivity index (χ0v) is 16.7. The largest absolute Gasteiger partial charge is 0.444 e. The van der Waals surface area contributed by atoms with Crippen molar-refractivity contribution in [2.75, 3.05) is 18.4 Å². The van der Waals surface area contributed by atoms with Gasteiger partial charge in [-0.3, -0.25) is 10.1 Å². The van der Waals surface area contributed by atoms with Gasteiger partial charge in [0.2, 0.25) is 0 Å². The number of nitrogens with zero attached hydrogens (tertiary/aromatic N) is 3. The van der Waals surface area contributed by atoms with Crippen molar-refractivity contribution in [2.24, 2.45) is 0 Å². The molecule has 1 N–H and O–H groups in total. The summed E-state index contributed by atoms with van der Waals surface area (Å²) in [7, 11) is 0. The minimum absolute atomic E-state index is 0.242. The third-order valence-electron chi connectivity index (χ3n) is 3.90. The zero-order valence-electron chi connectivity index (χ0n) is 15.0. The van der Waals surface area contributed by atoms with Gasteiger partial charge in [-0.1, -0.05) is 0 Å². The van der Waals surface area contributed by atoms with Crippen LogP contribution in [0.4, 0.5) is 9.93 Å². The van der Waals surface area contributed by atoms with Crippen molar-refractivity contribution in [3.63, 3.8) is 0 Å². The predicted octanol–water partition coefficient (Wildman–Crippen LogP) is 3.97. The molecule has 140 valence electrons. The summed E-state index contributed by atoms with van der Waals surface area (Å²) in [5, 5.41) is 7.83. The number of thiazole rings is 2. The molecule has 2 amide bonds. The van der Waals surface area contributed by atoms with Crippen molar-refractivity contribution in [1.82, 2.24) is 14.9 Å². The van der Waals surface area contributed by atoms with E-state index in [0.717, 1.165) is 17.8 Å². The summed E-state index contributed by atoms with van der Waals surface area (Å²) in [5.41, 5.74) is -0.0714. The Labute approximate surface area is 160 Å². The molecule has 0 radical (unpaired) electrons. The second-order valence-corrected chi connectivity index (χ2v) is 8.89. The topological polar surface area (TPSA) is 84.4 Å². The number of ether oxygens (including phenoxy) is 1. The molecule has 0 aliphatic carbocycles. The van der Waals surface area contributed by atoms with Crippen molar-refractivity contribution in [2.45, 2.75) is 45.1 Å². The maximum absolute atomic E-state index is 12.2. The van der Waals surface area contributed by atoms with Crippen molar-refractivity contribution in [1.29, 1.82) is 0 Å². The Bertz CT molecular complexity index is 759. The molecule has 3 heterocycles. The molecule has 0 unspecified atom stereocenters. The van der Waals surface area contributed by atoms with E-state index in [4.69, 9.17) is 4.74 Å². The summed E-state index contributed by atoms with van der Waals surface area (Å²) in [6, 6.07) is 0. The number of amides is 2. The van der Waals surface area contributed by atoms with Crippen LogP contribution in [0.25, 0.3) is 0 Å². The van der Waals surface area contributed by atoms with Gasteiger partial charge in [0.05, 0.1) is 5.01 Å². The van der Waals surface area contributed by atoms with Crippen molar-refractivity contribution < 1.29 is 14.3 Å². The summed E-state index contributed by atoms with van der Waals surface area (Å²) in [6.45, 7) is 6.88. The molecule has 1 aliphatic rings. The van der Waals surface area contributed by atoms with Crippen molar-refractivity contribution >= 4 is 39.8 Å². The maximum atomic E-state index is 12.2. The number of hydrogen-bond acceptors (Lipinski definition) is 7. The van der Waals surface area contributed by atoms with E-state index in [1.807, 2.05) is 20.8 Å². The average molecular weight is 395 g/mol. The van der Waals surface area contributed by atoms with E-state index in [0.29, 0.717) is 23.9 Å². The first-order chi connectivity index (χ1) is 12.3. The molecule has 2 aromatic heterocycles. The number of hydrogen-bond donors (Lipinski definition) is 1. The molecule has 7 nitrogen and oxygen atoms in total. The Morgan fingerprint density at radius 1 is 1.27 bits per heavy atom. The maximum Gasteiger partial charge on any atom is 0.410 e. The predicted molar refractivity (Wildman–Crippen MR) is 102 cm³/mol. The van der Waals surface area contributed by atoms with Crippen LogP contribution in [0, 0.1) is 0 Å². The van der Waals surface area contributed by atoms with E-state index in [-0.39, 0.29) is 17.9 Å². The first-order valence-electron chi connectivity index (χ1n) is 8.46. The summed E-state index contributed by atoms with van der Waals surface area (Å²) < 4.78 is 5.42. The lowest BCUT2D eigenvalue weighted by Gasteiger charge is -2.32. The van der Waals surface area contributed by atoms with Crippen LogP contribution in [-0.2, 0) is 4.74 Å². The van der Waals surface area contributed by atoms with Crippen LogP contribution in [0.5, 0.6) is 0 Å². The third-order valence-corrected chi connectivity index (χ3v) is 5.60.